The molecule has 0 heterocycles. The molecule has 3 N–H and O–H groups in total. The van der Waals surface area contributed by atoms with Gasteiger partial charge in [0.2, 0.25) is 0 Å². The summed E-state index contributed by atoms with van der Waals surface area (Å²) in [6, 6.07) is 4.04. The third-order valence-corrected chi connectivity index (χ3v) is 3.88. The number of aromatic carboxylic acids is 1. The number of amides is 2. The third kappa shape index (κ3) is 4.93. The lowest BCUT2D eigenvalue weighted by Gasteiger charge is -2.22. The Balaban J connectivity index is 2.67. The predicted octanol–water partition coefficient (Wildman–Crippen LogP) is 3.98. The van der Waals surface area contributed by atoms with Crippen LogP contribution in [0.2, 0.25) is 5.02 Å². The highest BCUT2D eigenvalue weighted by Gasteiger charge is 2.16. The molecule has 0 saturated heterocycles. The van der Waals surface area contributed by atoms with E-state index in [0.29, 0.717) is 11.6 Å². The Kier molecular flexibility index (Phi) is 6.49. The molecule has 0 aliphatic rings. The Bertz CT molecular complexity index is 516. The van der Waals surface area contributed by atoms with E-state index in [1.807, 2.05) is 6.92 Å². The van der Waals surface area contributed by atoms with Crippen LogP contribution in [-0.2, 0) is 0 Å². The van der Waals surface area contributed by atoms with Crippen molar-refractivity contribution in [3.63, 3.8) is 0 Å². The van der Waals surface area contributed by atoms with Gasteiger partial charge < -0.3 is 15.7 Å². The molecule has 0 aromatic heterocycles. The molecule has 1 rings (SSSR count). The molecule has 0 fully saturated rings. The molecule has 1 aromatic rings. The van der Waals surface area contributed by atoms with Gasteiger partial charge in [0.05, 0.1) is 10.6 Å². The number of anilines is 1. The van der Waals surface area contributed by atoms with Crippen LogP contribution >= 0.6 is 11.6 Å². The van der Waals surface area contributed by atoms with Gasteiger partial charge in [-0.1, -0.05) is 38.3 Å². The monoisotopic (exact) mass is 312 g/mol. The topological polar surface area (TPSA) is 78.4 Å². The number of nitrogens with one attached hydrogen (secondary N) is 2. The first kappa shape index (κ1) is 17.3. The van der Waals surface area contributed by atoms with Crippen LogP contribution < -0.4 is 10.6 Å². The van der Waals surface area contributed by atoms with Gasteiger partial charge in [0.15, 0.2) is 0 Å². The largest absolute Gasteiger partial charge is 0.478 e. The zero-order chi connectivity index (χ0) is 16.0. The minimum Gasteiger partial charge on any atom is -0.478 e. The highest BCUT2D eigenvalue weighted by atomic mass is 35.5. The molecule has 116 valence electrons. The van der Waals surface area contributed by atoms with Crippen LogP contribution in [-0.4, -0.2) is 23.1 Å². The van der Waals surface area contributed by atoms with Gasteiger partial charge >= 0.3 is 12.0 Å². The Morgan fingerprint density at radius 3 is 2.38 bits per heavy atom. The number of carbonyl (C=O) groups excluding carboxylic acids is 1. The third-order valence-electron chi connectivity index (χ3n) is 3.57. The summed E-state index contributed by atoms with van der Waals surface area (Å²) in [5, 5.41) is 14.5. The Labute approximate surface area is 129 Å². The lowest BCUT2D eigenvalue weighted by Crippen LogP contribution is -2.40. The molecule has 0 aliphatic carbocycles. The first-order valence-electron chi connectivity index (χ1n) is 6.99. The highest BCUT2D eigenvalue weighted by molar-refractivity contribution is 6.33. The van der Waals surface area contributed by atoms with Crippen LogP contribution in [0, 0.1) is 5.92 Å². The SMILES string of the molecule is CCC(CC)C(C)NC(=O)Nc1ccc(C(=O)O)c(Cl)c1. The van der Waals surface area contributed by atoms with Crippen molar-refractivity contribution in [2.24, 2.45) is 5.92 Å². The number of halogens is 1. The lowest BCUT2D eigenvalue weighted by molar-refractivity contribution is 0.0697. The number of benzene rings is 1. The van der Waals surface area contributed by atoms with Crippen molar-refractivity contribution in [3.8, 4) is 0 Å². The van der Waals surface area contributed by atoms with Gasteiger partial charge in [0.1, 0.15) is 0 Å². The van der Waals surface area contributed by atoms with Crippen LogP contribution in [0.5, 0.6) is 0 Å². The molecule has 1 atom stereocenters. The lowest BCUT2D eigenvalue weighted by atomic mass is 9.96. The molecule has 21 heavy (non-hydrogen) atoms. The fourth-order valence-corrected chi connectivity index (χ4v) is 2.52. The van der Waals surface area contributed by atoms with Gasteiger partial charge in [-0.2, -0.15) is 0 Å². The van der Waals surface area contributed by atoms with E-state index in [1.54, 1.807) is 0 Å². The summed E-state index contributed by atoms with van der Waals surface area (Å²) in [7, 11) is 0. The van der Waals surface area contributed by atoms with Gasteiger partial charge in [-0.3, -0.25) is 0 Å². The molecule has 1 aromatic carbocycles. The maximum absolute atomic E-state index is 11.9. The first-order valence-corrected chi connectivity index (χ1v) is 7.37. The smallest absolute Gasteiger partial charge is 0.337 e. The van der Waals surface area contributed by atoms with Gasteiger partial charge in [-0.15, -0.1) is 0 Å². The number of rotatable bonds is 6. The second kappa shape index (κ2) is 7.88. The summed E-state index contributed by atoms with van der Waals surface area (Å²) in [5.74, 6) is -0.674. The average molecular weight is 313 g/mol. The fraction of sp³-hybridized carbons (Fsp3) is 0.467. The van der Waals surface area contributed by atoms with Crippen LogP contribution in [0.1, 0.15) is 44.0 Å². The molecule has 0 radical (unpaired) electrons. The van der Waals surface area contributed by atoms with E-state index in [2.05, 4.69) is 24.5 Å². The number of carboxylic acid groups (broad SMARTS) is 1. The van der Waals surface area contributed by atoms with Gasteiger partial charge in [-0.05, 0) is 31.0 Å². The van der Waals surface area contributed by atoms with Crippen molar-refractivity contribution in [2.45, 2.75) is 39.7 Å². The van der Waals surface area contributed by atoms with E-state index in [1.165, 1.54) is 18.2 Å². The second-order valence-corrected chi connectivity index (χ2v) is 5.37. The average Bonchev–Trinajstić information content (AvgIpc) is 2.39. The van der Waals surface area contributed by atoms with Crippen molar-refractivity contribution >= 4 is 29.3 Å². The Morgan fingerprint density at radius 1 is 1.29 bits per heavy atom. The minimum absolute atomic E-state index is 0.00743. The van der Waals surface area contributed by atoms with Crippen LogP contribution in [0.15, 0.2) is 18.2 Å². The van der Waals surface area contributed by atoms with Crippen molar-refractivity contribution in [3.05, 3.63) is 28.8 Å². The quantitative estimate of drug-likeness (QED) is 0.743. The van der Waals surface area contributed by atoms with Crippen molar-refractivity contribution in [1.29, 1.82) is 0 Å². The molecule has 2 amide bonds. The van der Waals surface area contributed by atoms with Gasteiger partial charge in [0.25, 0.3) is 0 Å². The molecule has 1 unspecified atom stereocenters. The van der Waals surface area contributed by atoms with Crippen LogP contribution in [0.3, 0.4) is 0 Å². The Hall–Kier alpha value is -1.75. The van der Waals surface area contributed by atoms with Gasteiger partial charge in [-0.25, -0.2) is 9.59 Å². The van der Waals surface area contributed by atoms with E-state index < -0.39 is 5.97 Å². The molecule has 6 heteroatoms. The molecule has 0 saturated carbocycles. The fourth-order valence-electron chi connectivity index (χ4n) is 2.25. The van der Waals surface area contributed by atoms with Crippen molar-refractivity contribution < 1.29 is 14.7 Å². The number of carboxylic acids is 1. The van der Waals surface area contributed by atoms with E-state index in [4.69, 9.17) is 16.7 Å². The van der Waals surface area contributed by atoms with Crippen molar-refractivity contribution in [2.75, 3.05) is 5.32 Å². The first-order chi connectivity index (χ1) is 9.88. The maximum Gasteiger partial charge on any atom is 0.337 e. The highest BCUT2D eigenvalue weighted by Crippen LogP contribution is 2.21. The van der Waals surface area contributed by atoms with Gasteiger partial charge in [0, 0.05) is 11.7 Å². The second-order valence-electron chi connectivity index (χ2n) is 4.96. The zero-order valence-electron chi connectivity index (χ0n) is 12.4. The molecule has 0 spiro atoms. The molecule has 5 nitrogen and oxygen atoms in total. The normalized spacial score (nSPS) is 12.0. The number of carbonyl (C=O) groups is 2. The molecule has 0 bridgehead atoms. The summed E-state index contributed by atoms with van der Waals surface area (Å²) in [6.07, 6.45) is 1.99. The standard InChI is InChI=1S/C15H21ClN2O3/c1-4-10(5-2)9(3)17-15(21)18-11-6-7-12(14(19)20)13(16)8-11/h6-10H,4-5H2,1-3H3,(H,19,20)(H2,17,18,21). The van der Waals surface area contributed by atoms with E-state index in [-0.39, 0.29) is 22.7 Å². The number of urea groups is 1. The predicted molar refractivity (Wildman–Crippen MR) is 84.1 cm³/mol. The van der Waals surface area contributed by atoms with E-state index in [9.17, 15) is 9.59 Å². The molecule has 0 aliphatic heterocycles. The Morgan fingerprint density at radius 2 is 1.90 bits per heavy atom. The summed E-state index contributed by atoms with van der Waals surface area (Å²) in [5.41, 5.74) is 0.465. The molecular formula is C15H21ClN2O3. The summed E-state index contributed by atoms with van der Waals surface area (Å²) >= 11 is 5.86. The van der Waals surface area contributed by atoms with Crippen LogP contribution in [0.25, 0.3) is 0 Å². The summed E-state index contributed by atoms with van der Waals surface area (Å²) in [6.45, 7) is 6.15. The van der Waals surface area contributed by atoms with E-state index in [0.717, 1.165) is 12.8 Å². The zero-order valence-corrected chi connectivity index (χ0v) is 13.2. The summed E-state index contributed by atoms with van der Waals surface area (Å²) < 4.78 is 0. The maximum atomic E-state index is 11.9. The van der Waals surface area contributed by atoms with E-state index >= 15 is 0 Å². The molecular weight excluding hydrogens is 292 g/mol. The number of hydrogen-bond donors (Lipinski definition) is 3. The summed E-state index contributed by atoms with van der Waals surface area (Å²) in [4.78, 5) is 22.8. The van der Waals surface area contributed by atoms with Crippen LogP contribution in [0.4, 0.5) is 10.5 Å². The van der Waals surface area contributed by atoms with Crippen molar-refractivity contribution in [1.82, 2.24) is 5.32 Å². The minimum atomic E-state index is -1.10. The number of hydrogen-bond acceptors (Lipinski definition) is 2.